The first-order valence-corrected chi connectivity index (χ1v) is 9.31. The second kappa shape index (κ2) is 6.51. The summed E-state index contributed by atoms with van der Waals surface area (Å²) in [6, 6.07) is 12.2. The minimum atomic E-state index is -3.64. The Hall–Kier alpha value is -1.56. The molecular weight excluding hydrogens is 334 g/mol. The van der Waals surface area contributed by atoms with Crippen LogP contribution in [-0.4, -0.2) is 15.5 Å². The molecule has 1 aliphatic carbocycles. The van der Waals surface area contributed by atoms with Gasteiger partial charge < -0.3 is 4.74 Å². The quantitative estimate of drug-likeness (QED) is 0.913. The summed E-state index contributed by atoms with van der Waals surface area (Å²) < 4.78 is 33.2. The molecule has 1 N–H and O–H groups in total. The van der Waals surface area contributed by atoms with Gasteiger partial charge in [0.15, 0.2) is 0 Å². The Bertz CT molecular complexity index is 820. The zero-order valence-electron chi connectivity index (χ0n) is 12.8. The van der Waals surface area contributed by atoms with Crippen LogP contribution in [0.5, 0.6) is 5.75 Å². The van der Waals surface area contributed by atoms with Crippen LogP contribution in [0.2, 0.25) is 5.02 Å². The standard InChI is InChI=1S/C17H18ClNO3S/c1-22-17-10-9-13(11-15(17)18)23(20,21)19-16-8-4-6-12-5-2-3-7-14(12)16/h2-3,5,7,9-11,16,19H,4,6,8H2,1H3/t16-/m1/s1. The van der Waals surface area contributed by atoms with Crippen molar-refractivity contribution >= 4 is 21.6 Å². The van der Waals surface area contributed by atoms with Gasteiger partial charge >= 0.3 is 0 Å². The van der Waals surface area contributed by atoms with Crippen molar-refractivity contribution in [3.8, 4) is 5.75 Å². The van der Waals surface area contributed by atoms with E-state index in [2.05, 4.69) is 10.8 Å². The molecule has 2 aromatic rings. The maximum Gasteiger partial charge on any atom is 0.241 e. The second-order valence-corrected chi connectivity index (χ2v) is 7.68. The fourth-order valence-corrected chi connectivity index (χ4v) is 4.54. The Morgan fingerprint density at radius 1 is 1.22 bits per heavy atom. The lowest BCUT2D eigenvalue weighted by atomic mass is 9.88. The summed E-state index contributed by atoms with van der Waals surface area (Å²) in [5.41, 5.74) is 2.26. The van der Waals surface area contributed by atoms with E-state index >= 15 is 0 Å². The maximum atomic E-state index is 12.7. The molecule has 2 aromatic carbocycles. The number of rotatable bonds is 4. The van der Waals surface area contributed by atoms with E-state index in [1.165, 1.54) is 24.8 Å². The van der Waals surface area contributed by atoms with E-state index in [0.29, 0.717) is 5.75 Å². The zero-order chi connectivity index (χ0) is 16.4. The molecule has 0 unspecified atom stereocenters. The predicted molar refractivity (Wildman–Crippen MR) is 90.4 cm³/mol. The average Bonchev–Trinajstić information content (AvgIpc) is 2.55. The molecule has 122 valence electrons. The summed E-state index contributed by atoms with van der Waals surface area (Å²) in [5.74, 6) is 0.452. The molecule has 0 fully saturated rings. The first kappa shape index (κ1) is 16.3. The topological polar surface area (TPSA) is 55.4 Å². The van der Waals surface area contributed by atoms with Crippen molar-refractivity contribution < 1.29 is 13.2 Å². The highest BCUT2D eigenvalue weighted by molar-refractivity contribution is 7.89. The summed E-state index contributed by atoms with van der Waals surface area (Å²) in [7, 11) is -2.15. The smallest absolute Gasteiger partial charge is 0.241 e. The van der Waals surface area contributed by atoms with E-state index in [4.69, 9.17) is 16.3 Å². The van der Waals surface area contributed by atoms with Gasteiger partial charge in [-0.25, -0.2) is 13.1 Å². The highest BCUT2D eigenvalue weighted by Gasteiger charge is 2.26. The molecule has 0 radical (unpaired) electrons. The predicted octanol–water partition coefficient (Wildman–Crippen LogP) is 3.70. The van der Waals surface area contributed by atoms with Crippen LogP contribution in [-0.2, 0) is 16.4 Å². The Kier molecular flexibility index (Phi) is 4.62. The molecule has 6 heteroatoms. The summed E-state index contributed by atoms with van der Waals surface area (Å²) in [4.78, 5) is 0.145. The van der Waals surface area contributed by atoms with Gasteiger partial charge in [-0.2, -0.15) is 0 Å². The van der Waals surface area contributed by atoms with E-state index in [1.54, 1.807) is 6.07 Å². The van der Waals surface area contributed by atoms with E-state index < -0.39 is 10.0 Å². The molecule has 3 rings (SSSR count). The van der Waals surface area contributed by atoms with Gasteiger partial charge in [-0.1, -0.05) is 35.9 Å². The van der Waals surface area contributed by atoms with Gasteiger partial charge in [0.25, 0.3) is 0 Å². The second-order valence-electron chi connectivity index (χ2n) is 5.56. The third-order valence-electron chi connectivity index (χ3n) is 4.10. The molecule has 0 spiro atoms. The first-order chi connectivity index (χ1) is 11.0. The molecule has 0 saturated carbocycles. The van der Waals surface area contributed by atoms with Gasteiger partial charge in [0, 0.05) is 6.04 Å². The fraction of sp³-hybridized carbons (Fsp3) is 0.294. The minimum Gasteiger partial charge on any atom is -0.495 e. The number of benzene rings is 2. The number of hydrogen-bond acceptors (Lipinski definition) is 3. The van der Waals surface area contributed by atoms with E-state index in [9.17, 15) is 8.42 Å². The monoisotopic (exact) mass is 351 g/mol. The molecule has 0 bridgehead atoms. The highest BCUT2D eigenvalue weighted by Crippen LogP contribution is 2.32. The molecule has 4 nitrogen and oxygen atoms in total. The van der Waals surface area contributed by atoms with Crippen LogP contribution in [0.1, 0.15) is 30.0 Å². The molecule has 0 saturated heterocycles. The number of aryl methyl sites for hydroxylation is 1. The van der Waals surface area contributed by atoms with Crippen molar-refractivity contribution in [2.45, 2.75) is 30.2 Å². The van der Waals surface area contributed by atoms with Crippen LogP contribution in [0.25, 0.3) is 0 Å². The number of nitrogens with one attached hydrogen (secondary N) is 1. The summed E-state index contributed by atoms with van der Waals surface area (Å²) in [6.07, 6.45) is 2.75. The number of fused-ring (bicyclic) bond motifs is 1. The Morgan fingerprint density at radius 3 is 2.74 bits per heavy atom. The van der Waals surface area contributed by atoms with Crippen molar-refractivity contribution in [3.63, 3.8) is 0 Å². The molecule has 23 heavy (non-hydrogen) atoms. The molecule has 0 amide bonds. The minimum absolute atomic E-state index is 0.145. The van der Waals surface area contributed by atoms with Gasteiger partial charge in [0.05, 0.1) is 17.0 Å². The Labute approximate surface area is 141 Å². The van der Waals surface area contributed by atoms with Crippen molar-refractivity contribution in [3.05, 3.63) is 58.6 Å². The molecular formula is C17H18ClNO3S. The number of ether oxygens (including phenoxy) is 1. The van der Waals surface area contributed by atoms with Crippen molar-refractivity contribution in [2.24, 2.45) is 0 Å². The van der Waals surface area contributed by atoms with Crippen molar-refractivity contribution in [1.29, 1.82) is 0 Å². The van der Waals surface area contributed by atoms with Crippen LogP contribution >= 0.6 is 11.6 Å². The Morgan fingerprint density at radius 2 is 2.00 bits per heavy atom. The Balaban J connectivity index is 1.89. The van der Waals surface area contributed by atoms with Crippen molar-refractivity contribution in [2.75, 3.05) is 7.11 Å². The third kappa shape index (κ3) is 3.37. The number of methoxy groups -OCH3 is 1. The van der Waals surface area contributed by atoms with Crippen LogP contribution in [0.3, 0.4) is 0 Å². The molecule has 1 aliphatic rings. The largest absolute Gasteiger partial charge is 0.495 e. The van der Waals surface area contributed by atoms with E-state index in [0.717, 1.165) is 24.8 Å². The lowest BCUT2D eigenvalue weighted by molar-refractivity contribution is 0.414. The van der Waals surface area contributed by atoms with Crippen molar-refractivity contribution in [1.82, 2.24) is 4.72 Å². The summed E-state index contributed by atoms with van der Waals surface area (Å²) in [5, 5.41) is 0.277. The molecule has 0 aliphatic heterocycles. The van der Waals surface area contributed by atoms with Gasteiger partial charge in [0.1, 0.15) is 5.75 Å². The lowest BCUT2D eigenvalue weighted by Gasteiger charge is -2.26. The van der Waals surface area contributed by atoms with Gasteiger partial charge in [-0.15, -0.1) is 0 Å². The van der Waals surface area contributed by atoms with Crippen LogP contribution in [0, 0.1) is 0 Å². The first-order valence-electron chi connectivity index (χ1n) is 7.45. The van der Waals surface area contributed by atoms with Crippen LogP contribution in [0.15, 0.2) is 47.4 Å². The van der Waals surface area contributed by atoms with Crippen LogP contribution in [0.4, 0.5) is 0 Å². The van der Waals surface area contributed by atoms with Gasteiger partial charge in [0.2, 0.25) is 10.0 Å². The molecule has 1 atom stereocenters. The van der Waals surface area contributed by atoms with E-state index in [1.807, 2.05) is 18.2 Å². The highest BCUT2D eigenvalue weighted by atomic mass is 35.5. The third-order valence-corrected chi connectivity index (χ3v) is 5.87. The molecule has 0 aromatic heterocycles. The number of sulfonamides is 1. The van der Waals surface area contributed by atoms with Gasteiger partial charge in [-0.05, 0) is 48.6 Å². The average molecular weight is 352 g/mol. The fourth-order valence-electron chi connectivity index (χ4n) is 2.95. The van der Waals surface area contributed by atoms with E-state index in [-0.39, 0.29) is 16.0 Å². The number of hydrogen-bond donors (Lipinski definition) is 1. The summed E-state index contributed by atoms with van der Waals surface area (Å²) in [6.45, 7) is 0. The lowest BCUT2D eigenvalue weighted by Crippen LogP contribution is -2.31. The van der Waals surface area contributed by atoms with Crippen LogP contribution < -0.4 is 9.46 Å². The number of halogens is 1. The maximum absolute atomic E-state index is 12.7. The zero-order valence-corrected chi connectivity index (χ0v) is 14.3. The van der Waals surface area contributed by atoms with Gasteiger partial charge in [-0.3, -0.25) is 0 Å². The molecule has 0 heterocycles. The normalized spacial score (nSPS) is 17.6. The summed E-state index contributed by atoms with van der Waals surface area (Å²) >= 11 is 6.04. The SMILES string of the molecule is COc1ccc(S(=O)(=O)N[C@@H]2CCCc3ccccc32)cc1Cl.